The summed E-state index contributed by atoms with van der Waals surface area (Å²) < 4.78 is 2.33. The first-order valence-electron chi connectivity index (χ1n) is 9.45. The normalized spacial score (nSPS) is 13.3. The van der Waals surface area contributed by atoms with Crippen LogP contribution in [0.3, 0.4) is 0 Å². The van der Waals surface area contributed by atoms with Crippen molar-refractivity contribution in [3.8, 4) is 5.69 Å². The van der Waals surface area contributed by atoms with Crippen LogP contribution in [0.2, 0.25) is 5.02 Å². The van der Waals surface area contributed by atoms with Crippen LogP contribution < -0.4 is 5.32 Å². The van der Waals surface area contributed by atoms with Gasteiger partial charge in [-0.2, -0.15) is 0 Å². The number of hydrogen-bond acceptors (Lipinski definition) is 1. The van der Waals surface area contributed by atoms with Gasteiger partial charge in [0.05, 0.1) is 0 Å². The predicted octanol–water partition coefficient (Wildman–Crippen LogP) is 5.25. The van der Waals surface area contributed by atoms with Crippen molar-refractivity contribution in [3.63, 3.8) is 0 Å². The van der Waals surface area contributed by atoms with Gasteiger partial charge in [-0.05, 0) is 80.1 Å². The Morgan fingerprint density at radius 1 is 1.07 bits per heavy atom. The fraction of sp³-hybridized carbons (Fsp3) is 0.261. The van der Waals surface area contributed by atoms with Gasteiger partial charge in [0.1, 0.15) is 0 Å². The van der Waals surface area contributed by atoms with Crippen LogP contribution in [0.25, 0.3) is 5.69 Å². The number of amides is 1. The molecule has 4 heteroatoms. The van der Waals surface area contributed by atoms with Crippen molar-refractivity contribution in [2.24, 2.45) is 0 Å². The lowest BCUT2D eigenvalue weighted by Crippen LogP contribution is -2.22. The van der Waals surface area contributed by atoms with E-state index in [0.29, 0.717) is 17.1 Å². The molecule has 1 N–H and O–H groups in total. The summed E-state index contributed by atoms with van der Waals surface area (Å²) in [6.07, 6.45) is 4.83. The van der Waals surface area contributed by atoms with E-state index in [-0.39, 0.29) is 5.91 Å². The van der Waals surface area contributed by atoms with Crippen molar-refractivity contribution < 1.29 is 4.79 Å². The van der Waals surface area contributed by atoms with Gasteiger partial charge < -0.3 is 9.88 Å². The number of rotatable bonds is 4. The number of aromatic nitrogens is 1. The topological polar surface area (TPSA) is 34.0 Å². The first-order chi connectivity index (χ1) is 13.1. The zero-order chi connectivity index (χ0) is 18.8. The minimum atomic E-state index is -0.0901. The highest BCUT2D eigenvalue weighted by Crippen LogP contribution is 2.28. The van der Waals surface area contributed by atoms with E-state index in [0.717, 1.165) is 17.7 Å². The van der Waals surface area contributed by atoms with Gasteiger partial charge in [-0.1, -0.05) is 29.8 Å². The molecule has 3 nitrogen and oxygen atoms in total. The summed E-state index contributed by atoms with van der Waals surface area (Å²) >= 11 is 6.15. The summed E-state index contributed by atoms with van der Waals surface area (Å²) in [6, 6.07) is 17.7. The standard InChI is InChI=1S/C23H23ClN2O/c1-16-14-18-6-3-5-9-22(18)26(16)20-12-10-17(11-13-20)23(27)25-15-19-7-2-4-8-21(19)24/h2,4,7-8,10-14H,3,5-6,9,15H2,1H3,(H,25,27). The van der Waals surface area contributed by atoms with Crippen LogP contribution >= 0.6 is 11.6 Å². The zero-order valence-electron chi connectivity index (χ0n) is 15.5. The smallest absolute Gasteiger partial charge is 0.251 e. The average Bonchev–Trinajstić information content (AvgIpc) is 3.03. The summed E-state index contributed by atoms with van der Waals surface area (Å²) in [5, 5.41) is 3.61. The summed E-state index contributed by atoms with van der Waals surface area (Å²) in [4.78, 5) is 12.5. The number of nitrogens with one attached hydrogen (secondary N) is 1. The van der Waals surface area contributed by atoms with Gasteiger partial charge in [-0.15, -0.1) is 0 Å². The Kier molecular flexibility index (Phi) is 5.04. The van der Waals surface area contributed by atoms with Crippen LogP contribution in [0.5, 0.6) is 0 Å². The Bertz CT molecular complexity index is 973. The van der Waals surface area contributed by atoms with Gasteiger partial charge in [0, 0.05) is 34.2 Å². The number of aryl methyl sites for hydroxylation is 2. The monoisotopic (exact) mass is 378 g/mol. The number of hydrogen-bond donors (Lipinski definition) is 1. The largest absolute Gasteiger partial charge is 0.348 e. The molecule has 0 spiro atoms. The second kappa shape index (κ2) is 7.61. The average molecular weight is 379 g/mol. The molecule has 1 amide bonds. The molecule has 0 bridgehead atoms. The summed E-state index contributed by atoms with van der Waals surface area (Å²) in [5.41, 5.74) is 6.86. The molecule has 27 heavy (non-hydrogen) atoms. The van der Waals surface area contributed by atoms with Crippen molar-refractivity contribution in [3.05, 3.63) is 87.7 Å². The zero-order valence-corrected chi connectivity index (χ0v) is 16.2. The van der Waals surface area contributed by atoms with Crippen LogP contribution in [0.1, 0.15) is 45.7 Å². The third kappa shape index (κ3) is 3.65. The number of fused-ring (bicyclic) bond motifs is 1. The van der Waals surface area contributed by atoms with E-state index in [1.807, 2.05) is 48.5 Å². The van der Waals surface area contributed by atoms with Crippen molar-refractivity contribution in [2.75, 3.05) is 0 Å². The van der Waals surface area contributed by atoms with Gasteiger partial charge in [-0.25, -0.2) is 0 Å². The highest BCUT2D eigenvalue weighted by atomic mass is 35.5. The van der Waals surface area contributed by atoms with Crippen LogP contribution in [-0.4, -0.2) is 10.5 Å². The molecule has 2 aromatic carbocycles. The van der Waals surface area contributed by atoms with Crippen molar-refractivity contribution in [1.29, 1.82) is 0 Å². The highest BCUT2D eigenvalue weighted by Gasteiger charge is 2.17. The number of benzene rings is 2. The van der Waals surface area contributed by atoms with Crippen molar-refractivity contribution in [2.45, 2.75) is 39.2 Å². The molecule has 0 unspecified atom stereocenters. The minimum absolute atomic E-state index is 0.0901. The first-order valence-corrected chi connectivity index (χ1v) is 9.83. The molecule has 3 aromatic rings. The lowest BCUT2D eigenvalue weighted by atomic mass is 9.98. The number of carbonyl (C=O) groups excluding carboxylic acids is 1. The predicted molar refractivity (Wildman–Crippen MR) is 110 cm³/mol. The summed E-state index contributed by atoms with van der Waals surface area (Å²) in [6.45, 7) is 2.58. The Morgan fingerprint density at radius 2 is 1.81 bits per heavy atom. The van der Waals surface area contributed by atoms with E-state index in [1.165, 1.54) is 36.2 Å². The molecule has 0 radical (unpaired) electrons. The Morgan fingerprint density at radius 3 is 2.59 bits per heavy atom. The summed E-state index contributed by atoms with van der Waals surface area (Å²) in [7, 11) is 0. The van der Waals surface area contributed by atoms with E-state index in [1.54, 1.807) is 0 Å². The molecule has 4 rings (SSSR count). The van der Waals surface area contributed by atoms with E-state index in [4.69, 9.17) is 11.6 Å². The number of carbonyl (C=O) groups is 1. The lowest BCUT2D eigenvalue weighted by molar-refractivity contribution is 0.0951. The SMILES string of the molecule is Cc1cc2c(n1-c1ccc(C(=O)NCc3ccccc3Cl)cc1)CCCC2. The maximum Gasteiger partial charge on any atom is 0.251 e. The number of nitrogens with zero attached hydrogens (tertiary/aromatic N) is 1. The molecule has 0 fully saturated rings. The second-order valence-electron chi connectivity index (χ2n) is 7.12. The molecule has 0 atom stereocenters. The Balaban J connectivity index is 1.50. The molecular formula is C23H23ClN2O. The fourth-order valence-electron chi connectivity index (χ4n) is 3.89. The van der Waals surface area contributed by atoms with Gasteiger partial charge >= 0.3 is 0 Å². The van der Waals surface area contributed by atoms with E-state index in [9.17, 15) is 4.79 Å². The molecule has 138 valence electrons. The van der Waals surface area contributed by atoms with Gasteiger partial charge in [0.15, 0.2) is 0 Å². The molecule has 1 heterocycles. The maximum absolute atomic E-state index is 12.5. The Labute approximate surface area is 165 Å². The molecule has 1 aromatic heterocycles. The van der Waals surface area contributed by atoms with Crippen molar-refractivity contribution in [1.82, 2.24) is 9.88 Å². The van der Waals surface area contributed by atoms with Crippen molar-refractivity contribution >= 4 is 17.5 Å². The van der Waals surface area contributed by atoms with E-state index < -0.39 is 0 Å². The van der Waals surface area contributed by atoms with E-state index in [2.05, 4.69) is 22.9 Å². The number of halogens is 1. The van der Waals surface area contributed by atoms with Crippen LogP contribution in [0, 0.1) is 6.92 Å². The maximum atomic E-state index is 12.5. The minimum Gasteiger partial charge on any atom is -0.348 e. The molecule has 1 aliphatic carbocycles. The molecule has 1 aliphatic rings. The van der Waals surface area contributed by atoms with Crippen LogP contribution in [0.15, 0.2) is 54.6 Å². The van der Waals surface area contributed by atoms with E-state index >= 15 is 0 Å². The Hall–Kier alpha value is -2.52. The molecule has 0 saturated carbocycles. The summed E-state index contributed by atoms with van der Waals surface area (Å²) in [5.74, 6) is -0.0901. The van der Waals surface area contributed by atoms with Gasteiger partial charge in [0.2, 0.25) is 0 Å². The highest BCUT2D eigenvalue weighted by molar-refractivity contribution is 6.31. The molecular weight excluding hydrogens is 356 g/mol. The third-order valence-electron chi connectivity index (χ3n) is 5.27. The van der Waals surface area contributed by atoms with Crippen LogP contribution in [-0.2, 0) is 19.4 Å². The van der Waals surface area contributed by atoms with Gasteiger partial charge in [0.25, 0.3) is 5.91 Å². The first kappa shape index (κ1) is 17.9. The van der Waals surface area contributed by atoms with Crippen LogP contribution in [0.4, 0.5) is 0 Å². The molecule has 0 saturated heterocycles. The molecule has 0 aliphatic heterocycles. The fourth-order valence-corrected chi connectivity index (χ4v) is 4.10. The second-order valence-corrected chi connectivity index (χ2v) is 7.53. The van der Waals surface area contributed by atoms with Gasteiger partial charge in [-0.3, -0.25) is 4.79 Å². The lowest BCUT2D eigenvalue weighted by Gasteiger charge is -2.17. The quantitative estimate of drug-likeness (QED) is 0.661. The third-order valence-corrected chi connectivity index (χ3v) is 5.64.